The predicted molar refractivity (Wildman–Crippen MR) is 52.7 cm³/mol. The second-order valence-corrected chi connectivity index (χ2v) is 4.82. The fourth-order valence-corrected chi connectivity index (χ4v) is 2.32. The molecule has 0 bridgehead atoms. The summed E-state index contributed by atoms with van der Waals surface area (Å²) < 4.78 is 5.56. The molecule has 1 fully saturated rings. The smallest absolute Gasteiger partial charge is 0.0520 e. The third-order valence-corrected chi connectivity index (χ3v) is 2.95. The van der Waals surface area contributed by atoms with Gasteiger partial charge in [0, 0.05) is 12.0 Å². The van der Waals surface area contributed by atoms with Gasteiger partial charge in [-0.15, -0.1) is 11.6 Å². The average Bonchev–Trinajstić information content (AvgIpc) is 2.32. The van der Waals surface area contributed by atoms with Crippen LogP contribution in [0.3, 0.4) is 0 Å². The van der Waals surface area contributed by atoms with Crippen molar-refractivity contribution in [2.24, 2.45) is 5.41 Å². The van der Waals surface area contributed by atoms with Crippen molar-refractivity contribution in [2.45, 2.75) is 44.9 Å². The second-order valence-electron chi connectivity index (χ2n) is 4.20. The molecule has 0 aromatic rings. The Hall–Kier alpha value is 0.250. The van der Waals surface area contributed by atoms with Gasteiger partial charge >= 0.3 is 0 Å². The zero-order chi connectivity index (χ0) is 9.03. The number of rotatable bonds is 4. The normalized spacial score (nSPS) is 35.8. The lowest BCUT2D eigenvalue weighted by atomic mass is 9.90. The molecule has 72 valence electrons. The van der Waals surface area contributed by atoms with Gasteiger partial charge in [0.1, 0.15) is 0 Å². The molecular formula is C10H19ClO. The van der Waals surface area contributed by atoms with Crippen LogP contribution >= 0.6 is 11.6 Å². The number of hydrogen-bond acceptors (Lipinski definition) is 1. The number of halogens is 1. The van der Waals surface area contributed by atoms with Crippen LogP contribution in [0.5, 0.6) is 0 Å². The minimum absolute atomic E-state index is 0.363. The summed E-state index contributed by atoms with van der Waals surface area (Å²) in [7, 11) is 0. The van der Waals surface area contributed by atoms with Gasteiger partial charge in [0.15, 0.2) is 0 Å². The van der Waals surface area contributed by atoms with Crippen LogP contribution in [-0.2, 0) is 4.74 Å². The van der Waals surface area contributed by atoms with Crippen LogP contribution in [-0.4, -0.2) is 18.6 Å². The van der Waals surface area contributed by atoms with E-state index in [4.69, 9.17) is 16.3 Å². The van der Waals surface area contributed by atoms with Gasteiger partial charge in [-0.3, -0.25) is 0 Å². The molecule has 1 saturated carbocycles. The minimum atomic E-state index is 0.363. The Morgan fingerprint density at radius 2 is 2.33 bits per heavy atom. The first-order valence-corrected chi connectivity index (χ1v) is 5.32. The van der Waals surface area contributed by atoms with Crippen LogP contribution in [0.4, 0.5) is 0 Å². The first-order valence-electron chi connectivity index (χ1n) is 4.88. The van der Waals surface area contributed by atoms with E-state index < -0.39 is 0 Å². The Morgan fingerprint density at radius 1 is 1.58 bits per heavy atom. The molecule has 0 saturated heterocycles. The van der Waals surface area contributed by atoms with Gasteiger partial charge in [-0.05, 0) is 31.1 Å². The van der Waals surface area contributed by atoms with Crippen molar-refractivity contribution in [1.29, 1.82) is 0 Å². The van der Waals surface area contributed by atoms with Gasteiger partial charge < -0.3 is 4.74 Å². The van der Waals surface area contributed by atoms with Crippen molar-refractivity contribution in [1.82, 2.24) is 0 Å². The highest BCUT2D eigenvalue weighted by Crippen LogP contribution is 2.40. The SMILES string of the molecule is CCCOCC1(C)CCC(Cl)C1. The van der Waals surface area contributed by atoms with Crippen molar-refractivity contribution in [3.05, 3.63) is 0 Å². The molecule has 1 aliphatic rings. The molecule has 1 nitrogen and oxygen atoms in total. The molecule has 12 heavy (non-hydrogen) atoms. The summed E-state index contributed by atoms with van der Waals surface area (Å²) in [5, 5.41) is 0.389. The summed E-state index contributed by atoms with van der Waals surface area (Å²) in [6.07, 6.45) is 4.62. The molecule has 0 aromatic carbocycles. The maximum atomic E-state index is 6.05. The van der Waals surface area contributed by atoms with Crippen LogP contribution < -0.4 is 0 Å². The van der Waals surface area contributed by atoms with Gasteiger partial charge in [-0.25, -0.2) is 0 Å². The van der Waals surface area contributed by atoms with Gasteiger partial charge in [0.2, 0.25) is 0 Å². The molecule has 2 heteroatoms. The quantitative estimate of drug-likeness (QED) is 0.489. The monoisotopic (exact) mass is 190 g/mol. The molecule has 0 radical (unpaired) electrons. The maximum Gasteiger partial charge on any atom is 0.0520 e. The summed E-state index contributed by atoms with van der Waals surface area (Å²) in [4.78, 5) is 0. The van der Waals surface area contributed by atoms with E-state index >= 15 is 0 Å². The molecule has 0 aromatic heterocycles. The van der Waals surface area contributed by atoms with Crippen molar-refractivity contribution in [2.75, 3.05) is 13.2 Å². The number of ether oxygens (including phenoxy) is 1. The zero-order valence-corrected chi connectivity index (χ0v) is 8.86. The van der Waals surface area contributed by atoms with Crippen molar-refractivity contribution in [3.63, 3.8) is 0 Å². The Balaban J connectivity index is 2.21. The average molecular weight is 191 g/mol. The fraction of sp³-hybridized carbons (Fsp3) is 1.00. The summed E-state index contributed by atoms with van der Waals surface area (Å²) in [6.45, 7) is 6.21. The molecular weight excluding hydrogens is 172 g/mol. The second kappa shape index (κ2) is 4.48. The first-order chi connectivity index (χ1) is 5.66. The molecule has 2 atom stereocenters. The largest absolute Gasteiger partial charge is 0.381 e. The third-order valence-electron chi connectivity index (χ3n) is 2.57. The summed E-state index contributed by atoms with van der Waals surface area (Å²) in [5.74, 6) is 0. The minimum Gasteiger partial charge on any atom is -0.381 e. The summed E-state index contributed by atoms with van der Waals surface area (Å²) >= 11 is 6.05. The maximum absolute atomic E-state index is 6.05. The van der Waals surface area contributed by atoms with Crippen LogP contribution in [0, 0.1) is 5.41 Å². The first kappa shape index (κ1) is 10.3. The highest BCUT2D eigenvalue weighted by Gasteiger charge is 2.34. The standard InChI is InChI=1S/C10H19ClO/c1-3-6-12-8-10(2)5-4-9(11)7-10/h9H,3-8H2,1-2H3. The highest BCUT2D eigenvalue weighted by atomic mass is 35.5. The Morgan fingerprint density at radius 3 is 2.83 bits per heavy atom. The Kier molecular flexibility index (Phi) is 3.85. The molecule has 0 heterocycles. The highest BCUT2D eigenvalue weighted by molar-refractivity contribution is 6.20. The fourth-order valence-electron chi connectivity index (χ4n) is 1.84. The molecule has 0 aliphatic heterocycles. The van der Waals surface area contributed by atoms with Crippen LogP contribution in [0.25, 0.3) is 0 Å². The van der Waals surface area contributed by atoms with Crippen molar-refractivity contribution in [3.8, 4) is 0 Å². The third kappa shape index (κ3) is 2.95. The van der Waals surface area contributed by atoms with E-state index in [-0.39, 0.29) is 0 Å². The molecule has 1 aliphatic carbocycles. The van der Waals surface area contributed by atoms with E-state index in [2.05, 4.69) is 13.8 Å². The lowest BCUT2D eigenvalue weighted by Gasteiger charge is -2.23. The molecule has 1 rings (SSSR count). The predicted octanol–water partition coefficient (Wildman–Crippen LogP) is 3.21. The van der Waals surface area contributed by atoms with Crippen LogP contribution in [0.15, 0.2) is 0 Å². The van der Waals surface area contributed by atoms with Gasteiger partial charge in [0.25, 0.3) is 0 Å². The van der Waals surface area contributed by atoms with Crippen LogP contribution in [0.2, 0.25) is 0 Å². The molecule has 0 N–H and O–H groups in total. The van der Waals surface area contributed by atoms with Crippen molar-refractivity contribution >= 4 is 11.6 Å². The van der Waals surface area contributed by atoms with E-state index in [9.17, 15) is 0 Å². The van der Waals surface area contributed by atoms with Crippen molar-refractivity contribution < 1.29 is 4.74 Å². The van der Waals surface area contributed by atoms with Gasteiger partial charge in [-0.1, -0.05) is 13.8 Å². The van der Waals surface area contributed by atoms with Gasteiger partial charge in [0.05, 0.1) is 6.61 Å². The van der Waals surface area contributed by atoms with Gasteiger partial charge in [-0.2, -0.15) is 0 Å². The number of alkyl halides is 1. The van der Waals surface area contributed by atoms with E-state index in [0.29, 0.717) is 10.8 Å². The molecule has 2 unspecified atom stereocenters. The lowest BCUT2D eigenvalue weighted by Crippen LogP contribution is -2.20. The van der Waals surface area contributed by atoms with Crippen LogP contribution in [0.1, 0.15) is 39.5 Å². The summed E-state index contributed by atoms with van der Waals surface area (Å²) in [5.41, 5.74) is 0.363. The summed E-state index contributed by atoms with van der Waals surface area (Å²) in [6, 6.07) is 0. The lowest BCUT2D eigenvalue weighted by molar-refractivity contribution is 0.0569. The van der Waals surface area contributed by atoms with E-state index in [0.717, 1.165) is 32.5 Å². The number of hydrogen-bond donors (Lipinski definition) is 0. The van der Waals surface area contributed by atoms with E-state index in [1.165, 1.54) is 6.42 Å². The zero-order valence-electron chi connectivity index (χ0n) is 8.11. The molecule has 0 spiro atoms. The van der Waals surface area contributed by atoms with E-state index in [1.54, 1.807) is 0 Å². The Bertz CT molecular complexity index is 138. The topological polar surface area (TPSA) is 9.23 Å². The molecule has 0 amide bonds. The van der Waals surface area contributed by atoms with E-state index in [1.807, 2.05) is 0 Å². The Labute approximate surface area is 80.4 Å².